The number of hydrogen-bond donors (Lipinski definition) is 0. The summed E-state index contributed by atoms with van der Waals surface area (Å²) in [5.41, 5.74) is 1.87. The molecule has 2 saturated heterocycles. The summed E-state index contributed by atoms with van der Waals surface area (Å²) >= 11 is 6.15. The van der Waals surface area contributed by atoms with E-state index in [-0.39, 0.29) is 12.5 Å². The van der Waals surface area contributed by atoms with Crippen LogP contribution in [0.4, 0.5) is 5.69 Å². The molecule has 0 saturated carbocycles. The first-order valence-corrected chi connectivity index (χ1v) is 10.1. The van der Waals surface area contributed by atoms with E-state index in [9.17, 15) is 4.79 Å². The number of aromatic nitrogens is 3. The topological polar surface area (TPSA) is 63.5 Å². The van der Waals surface area contributed by atoms with Gasteiger partial charge in [0.25, 0.3) is 0 Å². The summed E-state index contributed by atoms with van der Waals surface area (Å²) in [7, 11) is 1.63. The third kappa shape index (κ3) is 3.29. The van der Waals surface area contributed by atoms with Crippen LogP contribution < -0.4 is 9.64 Å². The molecule has 150 valence electrons. The van der Waals surface area contributed by atoms with E-state index in [1.807, 2.05) is 35.2 Å². The van der Waals surface area contributed by atoms with Crippen molar-refractivity contribution < 1.29 is 9.53 Å². The average molecular weight is 412 g/mol. The molecule has 7 nitrogen and oxygen atoms in total. The quantitative estimate of drug-likeness (QED) is 0.660. The molecule has 0 bridgehead atoms. The van der Waals surface area contributed by atoms with Crippen LogP contribution in [0.5, 0.6) is 5.75 Å². The third-order valence-electron chi connectivity index (χ3n) is 6.02. The number of pyridine rings is 1. The molecule has 2 aromatic heterocycles. The zero-order chi connectivity index (χ0) is 20.0. The summed E-state index contributed by atoms with van der Waals surface area (Å²) in [6, 6.07) is 9.73. The van der Waals surface area contributed by atoms with Gasteiger partial charge in [0.1, 0.15) is 12.3 Å². The molecule has 3 aromatic rings. The third-order valence-corrected chi connectivity index (χ3v) is 6.33. The summed E-state index contributed by atoms with van der Waals surface area (Å²) in [5, 5.41) is 5.90. The van der Waals surface area contributed by atoms with Crippen LogP contribution in [0.1, 0.15) is 0 Å². The zero-order valence-corrected chi connectivity index (χ0v) is 16.9. The summed E-state index contributed by atoms with van der Waals surface area (Å²) < 4.78 is 7.04. The molecule has 0 N–H and O–H groups in total. The smallest absolute Gasteiger partial charge is 0.244 e. The Labute approximate surface area is 173 Å². The highest BCUT2D eigenvalue weighted by atomic mass is 35.5. The largest absolute Gasteiger partial charge is 0.495 e. The van der Waals surface area contributed by atoms with Crippen molar-refractivity contribution in [3.05, 3.63) is 47.7 Å². The van der Waals surface area contributed by atoms with Crippen molar-refractivity contribution in [1.82, 2.24) is 19.7 Å². The van der Waals surface area contributed by atoms with Crippen LogP contribution in [-0.4, -0.2) is 58.9 Å². The second-order valence-corrected chi connectivity index (χ2v) is 8.17. The van der Waals surface area contributed by atoms with Crippen LogP contribution >= 0.6 is 11.6 Å². The van der Waals surface area contributed by atoms with E-state index >= 15 is 0 Å². The number of hydrogen-bond acceptors (Lipinski definition) is 5. The van der Waals surface area contributed by atoms with Crippen molar-refractivity contribution in [3.8, 4) is 5.75 Å². The minimum Gasteiger partial charge on any atom is -0.495 e. The number of methoxy groups -OCH3 is 1. The van der Waals surface area contributed by atoms with Gasteiger partial charge in [-0.3, -0.25) is 4.79 Å². The van der Waals surface area contributed by atoms with Gasteiger partial charge in [0.2, 0.25) is 5.91 Å². The highest BCUT2D eigenvalue weighted by Gasteiger charge is 2.41. The Kier molecular flexibility index (Phi) is 4.54. The molecule has 0 aliphatic carbocycles. The van der Waals surface area contributed by atoms with Crippen LogP contribution in [-0.2, 0) is 11.3 Å². The summed E-state index contributed by atoms with van der Waals surface area (Å²) in [6.45, 7) is 3.68. The minimum atomic E-state index is 0.106. The molecule has 0 radical (unpaired) electrons. The van der Waals surface area contributed by atoms with E-state index in [1.165, 1.54) is 0 Å². The minimum absolute atomic E-state index is 0.106. The number of likely N-dealkylation sites (tertiary alicyclic amines) is 1. The molecule has 2 atom stereocenters. The average Bonchev–Trinajstić information content (AvgIpc) is 3.42. The molecule has 8 heteroatoms. The lowest BCUT2D eigenvalue weighted by atomic mass is 10.0. The van der Waals surface area contributed by atoms with Gasteiger partial charge in [0.15, 0.2) is 5.65 Å². The van der Waals surface area contributed by atoms with Crippen molar-refractivity contribution in [2.24, 2.45) is 11.8 Å². The lowest BCUT2D eigenvalue weighted by Gasteiger charge is -2.24. The molecule has 0 spiro atoms. The van der Waals surface area contributed by atoms with Crippen molar-refractivity contribution in [1.29, 1.82) is 0 Å². The molecular formula is C21H22ClN5O2. The maximum absolute atomic E-state index is 12.9. The number of halogens is 1. The van der Waals surface area contributed by atoms with Gasteiger partial charge in [0.05, 0.1) is 18.3 Å². The molecule has 29 heavy (non-hydrogen) atoms. The predicted molar refractivity (Wildman–Crippen MR) is 111 cm³/mol. The normalized spacial score (nSPS) is 21.0. The number of rotatable bonds is 4. The number of anilines is 1. The number of carbonyl (C=O) groups is 1. The predicted octanol–water partition coefficient (Wildman–Crippen LogP) is 2.69. The molecule has 2 aliphatic heterocycles. The van der Waals surface area contributed by atoms with Crippen LogP contribution in [0.25, 0.3) is 11.0 Å². The molecule has 5 rings (SSSR count). The monoisotopic (exact) mass is 411 g/mol. The highest BCUT2D eigenvalue weighted by molar-refractivity contribution is 6.32. The first-order chi connectivity index (χ1) is 14.1. The SMILES string of the molecule is COc1cc(N2CC3CN(C(=O)Cn4ncc5cccnc54)CC3C2)ccc1Cl. The lowest BCUT2D eigenvalue weighted by molar-refractivity contribution is -0.131. The first kappa shape index (κ1) is 18.2. The molecule has 4 heterocycles. The van der Waals surface area contributed by atoms with Crippen LogP contribution in [0, 0.1) is 11.8 Å². The summed E-state index contributed by atoms with van der Waals surface area (Å²) in [5.74, 6) is 1.76. The molecule has 2 unspecified atom stereocenters. The lowest BCUT2D eigenvalue weighted by Crippen LogP contribution is -2.35. The van der Waals surface area contributed by atoms with Gasteiger partial charge in [-0.2, -0.15) is 5.10 Å². The highest BCUT2D eigenvalue weighted by Crippen LogP contribution is 2.36. The second kappa shape index (κ2) is 7.22. The molecular weight excluding hydrogens is 390 g/mol. The van der Waals surface area contributed by atoms with E-state index in [2.05, 4.69) is 15.0 Å². The standard InChI is InChI=1S/C21H22ClN5O2/c1-29-19-7-17(4-5-18(19)22)25-9-15-11-26(12-16(15)10-25)20(28)13-27-21-14(8-24-27)3-2-6-23-21/h2-8,15-16H,9-13H2,1H3. The Morgan fingerprint density at radius 1 is 1.21 bits per heavy atom. The van der Waals surface area contributed by atoms with E-state index < -0.39 is 0 Å². The molecule has 2 aliphatic rings. The number of nitrogens with zero attached hydrogens (tertiary/aromatic N) is 5. The fraction of sp³-hybridized carbons (Fsp3) is 0.381. The summed E-state index contributed by atoms with van der Waals surface area (Å²) in [4.78, 5) is 21.5. The Morgan fingerprint density at radius 2 is 2.00 bits per heavy atom. The Hall–Kier alpha value is -2.80. The maximum atomic E-state index is 12.9. The Bertz CT molecular complexity index is 1050. The number of amides is 1. The van der Waals surface area contributed by atoms with Gasteiger partial charge in [-0.05, 0) is 24.3 Å². The van der Waals surface area contributed by atoms with E-state index in [0.29, 0.717) is 22.6 Å². The van der Waals surface area contributed by atoms with E-state index in [0.717, 1.165) is 42.9 Å². The Balaban J connectivity index is 1.23. The van der Waals surface area contributed by atoms with Crippen molar-refractivity contribution in [3.63, 3.8) is 0 Å². The van der Waals surface area contributed by atoms with E-state index in [4.69, 9.17) is 16.3 Å². The summed E-state index contributed by atoms with van der Waals surface area (Å²) in [6.07, 6.45) is 3.48. The van der Waals surface area contributed by atoms with Crippen molar-refractivity contribution in [2.45, 2.75) is 6.54 Å². The number of ether oxygens (including phenoxy) is 1. The Morgan fingerprint density at radius 3 is 2.76 bits per heavy atom. The van der Waals surface area contributed by atoms with Gasteiger partial charge in [0, 0.05) is 61.4 Å². The van der Waals surface area contributed by atoms with Crippen LogP contribution in [0.2, 0.25) is 5.02 Å². The van der Waals surface area contributed by atoms with E-state index in [1.54, 1.807) is 24.2 Å². The van der Waals surface area contributed by atoms with Gasteiger partial charge in [-0.15, -0.1) is 0 Å². The van der Waals surface area contributed by atoms with Gasteiger partial charge in [-0.1, -0.05) is 11.6 Å². The second-order valence-electron chi connectivity index (χ2n) is 7.76. The van der Waals surface area contributed by atoms with Gasteiger partial charge >= 0.3 is 0 Å². The number of benzene rings is 1. The van der Waals surface area contributed by atoms with Crippen molar-refractivity contribution in [2.75, 3.05) is 38.2 Å². The fourth-order valence-corrected chi connectivity index (χ4v) is 4.70. The van der Waals surface area contributed by atoms with Crippen LogP contribution in [0.15, 0.2) is 42.7 Å². The maximum Gasteiger partial charge on any atom is 0.244 e. The molecule has 1 amide bonds. The number of fused-ring (bicyclic) bond motifs is 2. The van der Waals surface area contributed by atoms with Crippen molar-refractivity contribution >= 4 is 34.2 Å². The fourth-order valence-electron chi connectivity index (χ4n) is 4.51. The zero-order valence-electron chi connectivity index (χ0n) is 16.2. The van der Waals surface area contributed by atoms with Gasteiger partial charge in [-0.25, -0.2) is 9.67 Å². The first-order valence-electron chi connectivity index (χ1n) is 9.75. The molecule has 2 fully saturated rings. The molecule has 1 aromatic carbocycles. The number of carbonyl (C=O) groups excluding carboxylic acids is 1. The van der Waals surface area contributed by atoms with Gasteiger partial charge < -0.3 is 14.5 Å². The van der Waals surface area contributed by atoms with Crippen LogP contribution in [0.3, 0.4) is 0 Å².